The summed E-state index contributed by atoms with van der Waals surface area (Å²) in [6.45, 7) is 5.11. The van der Waals surface area contributed by atoms with E-state index >= 15 is 0 Å². The van der Waals surface area contributed by atoms with E-state index in [2.05, 4.69) is 15.9 Å². The van der Waals surface area contributed by atoms with Gasteiger partial charge >= 0.3 is 0 Å². The van der Waals surface area contributed by atoms with Gasteiger partial charge in [0, 0.05) is 17.4 Å². The number of amides is 1. The zero-order valence-corrected chi connectivity index (χ0v) is 18.7. The molecule has 2 aromatic carbocycles. The van der Waals surface area contributed by atoms with Crippen molar-refractivity contribution >= 4 is 32.8 Å². The van der Waals surface area contributed by atoms with Crippen LogP contribution in [0.4, 0.5) is 0 Å². The van der Waals surface area contributed by atoms with Crippen LogP contribution in [0.5, 0.6) is 0 Å². The standard InChI is InChI=1S/C24H23BrN2O4/c25-17-8-6-16(7-9-17)21-20-22(28)18-4-1-2-5-19(18)31-23(20)24(29)27(21)11-3-10-26-12-14-30-15-13-26/h1-2,4-9,21H,3,10-15H2/p+1/t21-/m0/s1. The van der Waals surface area contributed by atoms with Gasteiger partial charge in [-0.25, -0.2) is 0 Å². The number of morpholine rings is 1. The largest absolute Gasteiger partial charge is 0.450 e. The van der Waals surface area contributed by atoms with Gasteiger partial charge in [0.2, 0.25) is 5.76 Å². The number of ether oxygens (including phenoxy) is 1. The third-order valence-electron chi connectivity index (χ3n) is 6.19. The first-order chi connectivity index (χ1) is 15.1. The van der Waals surface area contributed by atoms with E-state index < -0.39 is 6.04 Å². The maximum Gasteiger partial charge on any atom is 0.290 e. The van der Waals surface area contributed by atoms with Gasteiger partial charge in [-0.2, -0.15) is 0 Å². The summed E-state index contributed by atoms with van der Waals surface area (Å²) in [7, 11) is 0. The lowest BCUT2D eigenvalue weighted by Gasteiger charge is -2.27. The molecule has 31 heavy (non-hydrogen) atoms. The zero-order chi connectivity index (χ0) is 21.4. The van der Waals surface area contributed by atoms with Gasteiger partial charge in [0.15, 0.2) is 5.43 Å². The predicted octanol–water partition coefficient (Wildman–Crippen LogP) is 2.41. The van der Waals surface area contributed by atoms with Gasteiger partial charge in [-0.15, -0.1) is 0 Å². The molecule has 0 saturated carbocycles. The molecule has 1 N–H and O–H groups in total. The van der Waals surface area contributed by atoms with Crippen LogP contribution in [0.15, 0.2) is 62.2 Å². The summed E-state index contributed by atoms with van der Waals surface area (Å²) in [6, 6.07) is 14.5. The minimum absolute atomic E-state index is 0.126. The Balaban J connectivity index is 1.52. The molecule has 1 fully saturated rings. The number of hydrogen-bond acceptors (Lipinski definition) is 4. The summed E-state index contributed by atoms with van der Waals surface area (Å²) < 4.78 is 12.4. The summed E-state index contributed by atoms with van der Waals surface area (Å²) >= 11 is 3.47. The van der Waals surface area contributed by atoms with E-state index in [9.17, 15) is 9.59 Å². The number of para-hydroxylation sites is 1. The summed E-state index contributed by atoms with van der Waals surface area (Å²) in [5.74, 6) is -0.0295. The molecule has 160 valence electrons. The molecule has 2 aliphatic rings. The summed E-state index contributed by atoms with van der Waals surface area (Å²) in [5, 5.41) is 0.510. The second-order valence-electron chi connectivity index (χ2n) is 8.09. The van der Waals surface area contributed by atoms with Crippen molar-refractivity contribution in [2.75, 3.05) is 39.4 Å². The SMILES string of the molecule is O=C1c2oc3ccccc3c(=O)c2[C@H](c2ccc(Br)cc2)N1CCC[NH+]1CCOCC1. The van der Waals surface area contributed by atoms with E-state index in [0.717, 1.165) is 49.3 Å². The van der Waals surface area contributed by atoms with Crippen LogP contribution in [0.1, 0.15) is 34.1 Å². The van der Waals surface area contributed by atoms with Crippen LogP contribution < -0.4 is 10.3 Å². The van der Waals surface area contributed by atoms with Crippen molar-refractivity contribution in [1.82, 2.24) is 4.90 Å². The van der Waals surface area contributed by atoms with Crippen LogP contribution in [0.2, 0.25) is 0 Å². The molecule has 5 rings (SSSR count). The normalized spacial score (nSPS) is 19.2. The number of hydrogen-bond donors (Lipinski definition) is 1. The summed E-state index contributed by atoms with van der Waals surface area (Å²) in [6.07, 6.45) is 0.857. The van der Waals surface area contributed by atoms with E-state index in [1.165, 1.54) is 4.90 Å². The van der Waals surface area contributed by atoms with Crippen LogP contribution in [-0.4, -0.2) is 50.2 Å². The molecule has 2 aliphatic heterocycles. The van der Waals surface area contributed by atoms with Crippen molar-refractivity contribution in [3.05, 3.63) is 80.1 Å². The van der Waals surface area contributed by atoms with Crippen molar-refractivity contribution in [3.8, 4) is 0 Å². The maximum atomic E-state index is 13.4. The Morgan fingerprint density at radius 2 is 1.77 bits per heavy atom. The number of benzene rings is 2. The molecule has 6 nitrogen and oxygen atoms in total. The van der Waals surface area contributed by atoms with Gasteiger partial charge in [-0.3, -0.25) is 9.59 Å². The Hall–Kier alpha value is -2.48. The molecule has 1 atom stereocenters. The highest BCUT2D eigenvalue weighted by molar-refractivity contribution is 9.10. The minimum atomic E-state index is -0.434. The average molecular weight is 484 g/mol. The molecule has 0 radical (unpaired) electrons. The van der Waals surface area contributed by atoms with E-state index in [0.29, 0.717) is 23.1 Å². The highest BCUT2D eigenvalue weighted by Crippen LogP contribution is 2.38. The van der Waals surface area contributed by atoms with Gasteiger partial charge in [0.1, 0.15) is 18.7 Å². The molecule has 0 spiro atoms. The molecule has 0 unspecified atom stereocenters. The number of quaternary nitrogens is 1. The van der Waals surface area contributed by atoms with Gasteiger partial charge in [0.25, 0.3) is 5.91 Å². The third kappa shape index (κ3) is 3.82. The highest BCUT2D eigenvalue weighted by atomic mass is 79.9. The van der Waals surface area contributed by atoms with Crippen LogP contribution >= 0.6 is 15.9 Å². The van der Waals surface area contributed by atoms with Crippen molar-refractivity contribution < 1.29 is 18.8 Å². The van der Waals surface area contributed by atoms with Crippen LogP contribution in [0.25, 0.3) is 11.0 Å². The molecule has 7 heteroatoms. The molecule has 3 aromatic rings. The minimum Gasteiger partial charge on any atom is -0.450 e. The van der Waals surface area contributed by atoms with E-state index in [-0.39, 0.29) is 17.1 Å². The van der Waals surface area contributed by atoms with Crippen LogP contribution in [0.3, 0.4) is 0 Å². The summed E-state index contributed by atoms with van der Waals surface area (Å²) in [5.41, 5.74) is 1.69. The molecule has 1 aromatic heterocycles. The fraction of sp³-hybridized carbons (Fsp3) is 0.333. The van der Waals surface area contributed by atoms with Crippen molar-refractivity contribution in [3.63, 3.8) is 0 Å². The topological polar surface area (TPSA) is 64.2 Å². The summed E-state index contributed by atoms with van der Waals surface area (Å²) in [4.78, 5) is 30.1. The second kappa shape index (κ2) is 8.57. The molecular weight excluding hydrogens is 460 g/mol. The zero-order valence-electron chi connectivity index (χ0n) is 17.1. The maximum absolute atomic E-state index is 13.4. The van der Waals surface area contributed by atoms with Crippen molar-refractivity contribution in [1.29, 1.82) is 0 Å². The van der Waals surface area contributed by atoms with Crippen molar-refractivity contribution in [2.24, 2.45) is 0 Å². The Labute approximate surface area is 188 Å². The molecule has 1 saturated heterocycles. The number of halogens is 1. The quantitative estimate of drug-likeness (QED) is 0.605. The second-order valence-corrected chi connectivity index (χ2v) is 9.00. The number of fused-ring (bicyclic) bond motifs is 2. The lowest BCUT2D eigenvalue weighted by molar-refractivity contribution is -0.908. The molecule has 0 aliphatic carbocycles. The molecule has 0 bridgehead atoms. The highest BCUT2D eigenvalue weighted by Gasteiger charge is 2.42. The Morgan fingerprint density at radius 1 is 1.03 bits per heavy atom. The number of nitrogens with zero attached hydrogens (tertiary/aromatic N) is 1. The predicted molar refractivity (Wildman–Crippen MR) is 121 cm³/mol. The third-order valence-corrected chi connectivity index (χ3v) is 6.72. The van der Waals surface area contributed by atoms with Gasteiger partial charge in [-0.1, -0.05) is 40.2 Å². The Bertz CT molecular complexity index is 1170. The van der Waals surface area contributed by atoms with Gasteiger partial charge < -0.3 is 19.0 Å². The average Bonchev–Trinajstić information content (AvgIpc) is 3.07. The van der Waals surface area contributed by atoms with Gasteiger partial charge in [-0.05, 0) is 29.8 Å². The lowest BCUT2D eigenvalue weighted by atomic mass is 9.98. The first-order valence-electron chi connectivity index (χ1n) is 10.7. The fourth-order valence-electron chi connectivity index (χ4n) is 4.60. The van der Waals surface area contributed by atoms with Crippen LogP contribution in [0, 0.1) is 0 Å². The number of carbonyl (C=O) groups is 1. The number of nitrogens with one attached hydrogen (secondary N) is 1. The number of carbonyl (C=O) groups excluding carboxylic acids is 1. The molecule has 1 amide bonds. The lowest BCUT2D eigenvalue weighted by Crippen LogP contribution is -3.14. The van der Waals surface area contributed by atoms with Crippen LogP contribution in [-0.2, 0) is 4.74 Å². The number of rotatable bonds is 5. The smallest absolute Gasteiger partial charge is 0.290 e. The van der Waals surface area contributed by atoms with E-state index in [1.54, 1.807) is 17.0 Å². The monoisotopic (exact) mass is 483 g/mol. The fourth-order valence-corrected chi connectivity index (χ4v) is 4.86. The van der Waals surface area contributed by atoms with Crippen molar-refractivity contribution in [2.45, 2.75) is 12.5 Å². The Morgan fingerprint density at radius 3 is 2.55 bits per heavy atom. The molecular formula is C24H24BrN2O4+. The molecule has 3 heterocycles. The van der Waals surface area contributed by atoms with E-state index in [1.807, 2.05) is 36.4 Å². The van der Waals surface area contributed by atoms with Gasteiger partial charge in [0.05, 0.1) is 36.8 Å². The first kappa shape index (κ1) is 20.4. The van der Waals surface area contributed by atoms with E-state index in [4.69, 9.17) is 9.15 Å². The first-order valence-corrected chi connectivity index (χ1v) is 11.5. The Kier molecular flexibility index (Phi) is 5.65.